The molecule has 1 fully saturated rings. The molecule has 6 nitrogen and oxygen atoms in total. The Hall–Kier alpha value is -2.34. The first kappa shape index (κ1) is 22.3. The van der Waals surface area contributed by atoms with Crippen LogP contribution in [-0.4, -0.2) is 60.4 Å². The van der Waals surface area contributed by atoms with Crippen molar-refractivity contribution >= 4 is 17.5 Å². The van der Waals surface area contributed by atoms with Gasteiger partial charge in [0.1, 0.15) is 5.75 Å². The Morgan fingerprint density at radius 3 is 2.40 bits per heavy atom. The number of likely N-dealkylation sites (N-methyl/N-ethyl adjacent to an activating group) is 1. The van der Waals surface area contributed by atoms with Crippen LogP contribution in [0.1, 0.15) is 40.0 Å². The molecule has 30 heavy (non-hydrogen) atoms. The smallest absolute Gasteiger partial charge is 0.233 e. The summed E-state index contributed by atoms with van der Waals surface area (Å²) >= 11 is 0. The highest BCUT2D eigenvalue weighted by Gasteiger charge is 2.46. The molecule has 0 saturated carbocycles. The molecular weight excluding hydrogens is 378 g/mol. The Labute approximate surface area is 180 Å². The quantitative estimate of drug-likeness (QED) is 0.444. The first-order chi connectivity index (χ1) is 14.5. The molecule has 3 rings (SSSR count). The highest BCUT2D eigenvalue weighted by Crippen LogP contribution is 2.35. The van der Waals surface area contributed by atoms with Crippen LogP contribution in [0.3, 0.4) is 0 Å². The maximum atomic E-state index is 12.6. The Balaban J connectivity index is 1.42. The zero-order chi connectivity index (χ0) is 21.5. The summed E-state index contributed by atoms with van der Waals surface area (Å²) in [5.41, 5.74) is 1.01. The summed E-state index contributed by atoms with van der Waals surface area (Å²) < 4.78 is 5.86. The number of carbonyl (C=O) groups excluding carboxylic acids is 2. The fourth-order valence-electron chi connectivity index (χ4n) is 4.29. The molecule has 1 aromatic carbocycles. The number of ether oxygens (including phenoxy) is 1. The number of benzene rings is 1. The van der Waals surface area contributed by atoms with Gasteiger partial charge in [-0.3, -0.25) is 14.5 Å². The fourth-order valence-corrected chi connectivity index (χ4v) is 4.29. The molecule has 2 atom stereocenters. The number of likely N-dealkylation sites (tertiary alicyclic amines) is 1. The minimum atomic E-state index is -0.123. The van der Waals surface area contributed by atoms with Crippen LogP contribution in [0.4, 0.5) is 5.69 Å². The molecular formula is C24H35N3O3. The second-order valence-corrected chi connectivity index (χ2v) is 8.36. The van der Waals surface area contributed by atoms with E-state index in [4.69, 9.17) is 4.74 Å². The number of fused-ring (bicyclic) bond motifs is 1. The van der Waals surface area contributed by atoms with Crippen molar-refractivity contribution in [3.8, 4) is 5.75 Å². The lowest BCUT2D eigenvalue weighted by atomic mass is 9.85. The molecule has 1 aliphatic heterocycles. The van der Waals surface area contributed by atoms with Gasteiger partial charge >= 0.3 is 0 Å². The Morgan fingerprint density at radius 1 is 1.10 bits per heavy atom. The zero-order valence-electron chi connectivity index (χ0n) is 18.5. The molecule has 164 valence electrons. The average Bonchev–Trinajstić information content (AvgIpc) is 2.98. The number of anilines is 1. The van der Waals surface area contributed by atoms with Crippen LogP contribution in [0.25, 0.3) is 0 Å². The molecule has 2 amide bonds. The van der Waals surface area contributed by atoms with E-state index in [1.165, 1.54) is 4.90 Å². The van der Waals surface area contributed by atoms with Crippen molar-refractivity contribution in [2.75, 3.05) is 38.0 Å². The molecule has 2 unspecified atom stereocenters. The maximum Gasteiger partial charge on any atom is 0.233 e. The van der Waals surface area contributed by atoms with Gasteiger partial charge in [-0.25, -0.2) is 0 Å². The van der Waals surface area contributed by atoms with Crippen molar-refractivity contribution < 1.29 is 14.3 Å². The molecule has 6 heteroatoms. The lowest BCUT2D eigenvalue weighted by Gasteiger charge is -2.23. The predicted octanol–water partition coefficient (Wildman–Crippen LogP) is 3.55. The standard InChI is InChI=1S/C24H35N3O3/c1-4-26(17-14-25-21-12-7-8-13-22(21)30-18(2)3)15-9-16-27-23(28)19-10-5-6-11-20(19)24(27)29/h5-8,12-13,18-20,25H,4,9-11,14-17H2,1-3H3. The Kier molecular flexibility index (Phi) is 7.91. The number of rotatable bonds is 11. The van der Waals surface area contributed by atoms with E-state index in [2.05, 4.69) is 17.1 Å². The molecule has 1 aromatic rings. The van der Waals surface area contributed by atoms with Crippen LogP contribution < -0.4 is 10.1 Å². The van der Waals surface area contributed by atoms with Crippen LogP contribution in [0.2, 0.25) is 0 Å². The zero-order valence-corrected chi connectivity index (χ0v) is 18.5. The summed E-state index contributed by atoms with van der Waals surface area (Å²) in [4.78, 5) is 29.0. The fraction of sp³-hybridized carbons (Fsp3) is 0.583. The van der Waals surface area contributed by atoms with Crippen molar-refractivity contribution in [2.24, 2.45) is 11.8 Å². The highest BCUT2D eigenvalue weighted by atomic mass is 16.5. The van der Waals surface area contributed by atoms with Gasteiger partial charge in [0.05, 0.1) is 23.6 Å². The summed E-state index contributed by atoms with van der Waals surface area (Å²) in [5, 5.41) is 3.47. The normalized spacial score (nSPS) is 20.9. The van der Waals surface area contributed by atoms with Crippen LogP contribution in [0, 0.1) is 11.8 Å². The van der Waals surface area contributed by atoms with E-state index in [1.54, 1.807) is 0 Å². The summed E-state index contributed by atoms with van der Waals surface area (Å²) in [6, 6.07) is 8.00. The largest absolute Gasteiger partial charge is 0.489 e. The molecule has 0 aromatic heterocycles. The molecule has 0 bridgehead atoms. The van der Waals surface area contributed by atoms with Crippen molar-refractivity contribution in [3.05, 3.63) is 36.4 Å². The number of para-hydroxylation sites is 2. The van der Waals surface area contributed by atoms with E-state index in [1.807, 2.05) is 50.3 Å². The third-order valence-corrected chi connectivity index (χ3v) is 5.90. The number of amides is 2. The van der Waals surface area contributed by atoms with Gasteiger partial charge in [-0.2, -0.15) is 0 Å². The van der Waals surface area contributed by atoms with E-state index >= 15 is 0 Å². The van der Waals surface area contributed by atoms with Gasteiger partial charge < -0.3 is 15.0 Å². The van der Waals surface area contributed by atoms with Gasteiger partial charge in [0.2, 0.25) is 11.8 Å². The van der Waals surface area contributed by atoms with Gasteiger partial charge in [-0.05, 0) is 58.3 Å². The number of carbonyl (C=O) groups is 2. The summed E-state index contributed by atoms with van der Waals surface area (Å²) in [6.45, 7) is 10.2. The van der Waals surface area contributed by atoms with Gasteiger partial charge in [0, 0.05) is 19.6 Å². The lowest BCUT2D eigenvalue weighted by molar-refractivity contribution is -0.140. The van der Waals surface area contributed by atoms with E-state index < -0.39 is 0 Å². The van der Waals surface area contributed by atoms with Gasteiger partial charge in [-0.15, -0.1) is 0 Å². The van der Waals surface area contributed by atoms with Crippen molar-refractivity contribution in [1.82, 2.24) is 9.80 Å². The predicted molar refractivity (Wildman–Crippen MR) is 120 cm³/mol. The number of nitrogens with zero attached hydrogens (tertiary/aromatic N) is 2. The molecule has 2 aliphatic rings. The molecule has 1 heterocycles. The van der Waals surface area contributed by atoms with E-state index in [0.29, 0.717) is 19.4 Å². The van der Waals surface area contributed by atoms with E-state index in [9.17, 15) is 9.59 Å². The second kappa shape index (κ2) is 10.6. The number of imide groups is 1. The molecule has 1 saturated heterocycles. The number of allylic oxidation sites excluding steroid dienone is 2. The topological polar surface area (TPSA) is 61.9 Å². The third-order valence-electron chi connectivity index (χ3n) is 5.90. The van der Waals surface area contributed by atoms with Gasteiger partial charge in [0.15, 0.2) is 0 Å². The van der Waals surface area contributed by atoms with Crippen molar-refractivity contribution in [1.29, 1.82) is 0 Å². The SMILES string of the molecule is CCN(CCCN1C(=O)C2CC=CCC2C1=O)CCNc1ccccc1OC(C)C. The average molecular weight is 414 g/mol. The van der Waals surface area contributed by atoms with Crippen LogP contribution >= 0.6 is 0 Å². The highest BCUT2D eigenvalue weighted by molar-refractivity contribution is 6.05. The Bertz CT molecular complexity index is 736. The van der Waals surface area contributed by atoms with E-state index in [-0.39, 0.29) is 29.8 Å². The summed E-state index contributed by atoms with van der Waals surface area (Å²) in [7, 11) is 0. The number of nitrogens with one attached hydrogen (secondary N) is 1. The lowest BCUT2D eigenvalue weighted by Crippen LogP contribution is -2.36. The van der Waals surface area contributed by atoms with Crippen LogP contribution in [0.15, 0.2) is 36.4 Å². The first-order valence-corrected chi connectivity index (χ1v) is 11.2. The summed E-state index contributed by atoms with van der Waals surface area (Å²) in [5.74, 6) is 0.684. The van der Waals surface area contributed by atoms with Crippen LogP contribution in [-0.2, 0) is 9.59 Å². The monoisotopic (exact) mass is 413 g/mol. The number of hydrogen-bond acceptors (Lipinski definition) is 5. The first-order valence-electron chi connectivity index (χ1n) is 11.2. The number of hydrogen-bond donors (Lipinski definition) is 1. The minimum absolute atomic E-state index is 0.0285. The molecule has 0 spiro atoms. The van der Waals surface area contributed by atoms with Crippen LogP contribution in [0.5, 0.6) is 5.75 Å². The van der Waals surface area contributed by atoms with Gasteiger partial charge in [-0.1, -0.05) is 31.2 Å². The molecule has 1 N–H and O–H groups in total. The summed E-state index contributed by atoms with van der Waals surface area (Å²) in [6.07, 6.45) is 6.43. The minimum Gasteiger partial charge on any atom is -0.489 e. The van der Waals surface area contributed by atoms with Gasteiger partial charge in [0.25, 0.3) is 0 Å². The molecule has 1 aliphatic carbocycles. The van der Waals surface area contributed by atoms with Crippen molar-refractivity contribution in [2.45, 2.75) is 46.1 Å². The third kappa shape index (κ3) is 5.42. The van der Waals surface area contributed by atoms with Crippen molar-refractivity contribution in [3.63, 3.8) is 0 Å². The second-order valence-electron chi connectivity index (χ2n) is 8.36. The Morgan fingerprint density at radius 2 is 1.77 bits per heavy atom. The van der Waals surface area contributed by atoms with E-state index in [0.717, 1.165) is 44.0 Å². The molecule has 0 radical (unpaired) electrons. The maximum absolute atomic E-state index is 12.6.